The lowest BCUT2D eigenvalue weighted by molar-refractivity contribution is 0.0661. The zero-order valence-corrected chi connectivity index (χ0v) is 11.6. The summed E-state index contributed by atoms with van der Waals surface area (Å²) in [5.41, 5.74) is 0.497. The highest BCUT2D eigenvalue weighted by Gasteiger charge is 2.24. The zero-order chi connectivity index (χ0) is 15.6. The van der Waals surface area contributed by atoms with Crippen molar-refractivity contribution in [3.8, 4) is 6.07 Å². The van der Waals surface area contributed by atoms with Crippen LogP contribution >= 0.6 is 0 Å². The Morgan fingerprint density at radius 2 is 2.10 bits per heavy atom. The van der Waals surface area contributed by atoms with Crippen molar-refractivity contribution >= 4 is 21.7 Å². The summed E-state index contributed by atoms with van der Waals surface area (Å²) in [7, 11) is -4.00. The molecule has 0 saturated carbocycles. The summed E-state index contributed by atoms with van der Waals surface area (Å²) >= 11 is 0. The van der Waals surface area contributed by atoms with Gasteiger partial charge in [0.15, 0.2) is 0 Å². The number of carboxylic acid groups (broad SMARTS) is 1. The first-order chi connectivity index (χ1) is 9.83. The Morgan fingerprint density at radius 1 is 1.38 bits per heavy atom. The van der Waals surface area contributed by atoms with Crippen LogP contribution < -0.4 is 4.72 Å². The van der Waals surface area contributed by atoms with Crippen LogP contribution in [0.25, 0.3) is 0 Å². The van der Waals surface area contributed by atoms with Gasteiger partial charge in [-0.1, -0.05) is 6.07 Å². The van der Waals surface area contributed by atoms with Crippen molar-refractivity contribution in [2.24, 2.45) is 0 Å². The molecule has 8 heteroatoms. The van der Waals surface area contributed by atoms with Gasteiger partial charge in [0.05, 0.1) is 17.3 Å². The van der Waals surface area contributed by atoms with Crippen LogP contribution in [0.4, 0.5) is 5.69 Å². The monoisotopic (exact) mass is 306 g/mol. The third kappa shape index (κ3) is 3.04. The molecule has 0 spiro atoms. The van der Waals surface area contributed by atoms with E-state index in [-0.39, 0.29) is 16.3 Å². The maximum atomic E-state index is 12.2. The van der Waals surface area contributed by atoms with Gasteiger partial charge in [-0.3, -0.25) is 4.72 Å². The highest BCUT2D eigenvalue weighted by molar-refractivity contribution is 7.92. The fourth-order valence-corrected chi connectivity index (χ4v) is 2.93. The zero-order valence-electron chi connectivity index (χ0n) is 10.8. The molecule has 0 fully saturated rings. The Morgan fingerprint density at radius 3 is 2.67 bits per heavy atom. The average Bonchev–Trinajstić information content (AvgIpc) is 2.81. The minimum absolute atomic E-state index is 0.0312. The number of nitrogens with one attached hydrogen (secondary N) is 1. The lowest BCUT2D eigenvalue weighted by Gasteiger charge is -2.06. The molecule has 0 radical (unpaired) electrons. The van der Waals surface area contributed by atoms with Crippen molar-refractivity contribution in [1.29, 1.82) is 5.26 Å². The van der Waals surface area contributed by atoms with Gasteiger partial charge in [0.2, 0.25) is 5.76 Å². The van der Waals surface area contributed by atoms with Crippen molar-refractivity contribution in [2.75, 3.05) is 4.72 Å². The van der Waals surface area contributed by atoms with Gasteiger partial charge >= 0.3 is 5.97 Å². The molecule has 1 aromatic heterocycles. The molecule has 0 aliphatic rings. The standard InChI is InChI=1S/C13H10N2O5S/c1-8-12(6-11(20-8)13(16)17)21(18,19)15-10-4-2-3-9(5-10)7-14/h2-6,15H,1H3,(H,16,17). The molecule has 2 aromatic rings. The molecule has 0 bridgehead atoms. The molecule has 1 heterocycles. The Hall–Kier alpha value is -2.79. The highest BCUT2D eigenvalue weighted by Crippen LogP contribution is 2.23. The third-order valence-electron chi connectivity index (χ3n) is 2.62. The summed E-state index contributed by atoms with van der Waals surface area (Å²) in [5.74, 6) is -1.85. The first-order valence-electron chi connectivity index (χ1n) is 5.70. The molecule has 0 aliphatic carbocycles. The lowest BCUT2D eigenvalue weighted by Crippen LogP contribution is -2.13. The molecule has 0 aliphatic heterocycles. The third-order valence-corrected chi connectivity index (χ3v) is 4.11. The van der Waals surface area contributed by atoms with E-state index < -0.39 is 21.8 Å². The highest BCUT2D eigenvalue weighted by atomic mass is 32.2. The smallest absolute Gasteiger partial charge is 0.371 e. The summed E-state index contributed by atoms with van der Waals surface area (Å²) in [6, 6.07) is 8.74. The van der Waals surface area contributed by atoms with E-state index in [9.17, 15) is 13.2 Å². The normalized spacial score (nSPS) is 10.9. The summed E-state index contributed by atoms with van der Waals surface area (Å²) in [4.78, 5) is 10.5. The molecule has 7 nitrogen and oxygen atoms in total. The molecule has 0 unspecified atom stereocenters. The van der Waals surface area contributed by atoms with Gasteiger partial charge in [-0.25, -0.2) is 13.2 Å². The number of hydrogen-bond donors (Lipinski definition) is 2. The number of hydrogen-bond acceptors (Lipinski definition) is 5. The minimum atomic E-state index is -4.00. The van der Waals surface area contributed by atoms with E-state index in [1.807, 2.05) is 6.07 Å². The van der Waals surface area contributed by atoms with E-state index in [0.29, 0.717) is 5.56 Å². The lowest BCUT2D eigenvalue weighted by atomic mass is 10.2. The topological polar surface area (TPSA) is 120 Å². The summed E-state index contributed by atoms with van der Waals surface area (Å²) in [6.07, 6.45) is 0. The molecule has 2 N–H and O–H groups in total. The number of nitriles is 1. The van der Waals surface area contributed by atoms with Gasteiger partial charge < -0.3 is 9.52 Å². The second-order valence-corrected chi connectivity index (χ2v) is 5.79. The number of anilines is 1. The fraction of sp³-hybridized carbons (Fsp3) is 0.0769. The van der Waals surface area contributed by atoms with E-state index in [0.717, 1.165) is 6.07 Å². The van der Waals surface area contributed by atoms with E-state index >= 15 is 0 Å². The molecule has 108 valence electrons. The quantitative estimate of drug-likeness (QED) is 0.890. The number of carboxylic acids is 1. The number of rotatable bonds is 4. The largest absolute Gasteiger partial charge is 0.475 e. The van der Waals surface area contributed by atoms with Crippen LogP contribution in [0.15, 0.2) is 39.6 Å². The SMILES string of the molecule is Cc1oc(C(=O)O)cc1S(=O)(=O)Nc1cccc(C#N)c1. The first kappa shape index (κ1) is 14.6. The van der Waals surface area contributed by atoms with Crippen molar-refractivity contribution in [3.05, 3.63) is 47.4 Å². The van der Waals surface area contributed by atoms with E-state index in [1.165, 1.54) is 31.2 Å². The average molecular weight is 306 g/mol. The van der Waals surface area contributed by atoms with Crippen molar-refractivity contribution in [3.63, 3.8) is 0 Å². The van der Waals surface area contributed by atoms with E-state index in [4.69, 9.17) is 14.8 Å². The van der Waals surface area contributed by atoms with Crippen LogP contribution in [0.5, 0.6) is 0 Å². The molecule has 0 amide bonds. The number of aryl methyl sites for hydroxylation is 1. The number of furan rings is 1. The molecule has 21 heavy (non-hydrogen) atoms. The Kier molecular flexibility index (Phi) is 3.69. The summed E-state index contributed by atoms with van der Waals surface area (Å²) in [6.45, 7) is 1.35. The van der Waals surface area contributed by atoms with Gasteiger partial charge in [-0.15, -0.1) is 0 Å². The van der Waals surface area contributed by atoms with Gasteiger partial charge in [-0.2, -0.15) is 5.26 Å². The number of carbonyl (C=O) groups is 1. The second kappa shape index (κ2) is 5.30. The molecule has 2 rings (SSSR count). The summed E-state index contributed by atoms with van der Waals surface area (Å²) in [5, 5.41) is 17.6. The molecule has 1 aromatic carbocycles. The van der Waals surface area contributed by atoms with Crippen molar-refractivity contribution in [2.45, 2.75) is 11.8 Å². The van der Waals surface area contributed by atoms with Gasteiger partial charge in [0.1, 0.15) is 10.7 Å². The van der Waals surface area contributed by atoms with Crippen molar-refractivity contribution in [1.82, 2.24) is 0 Å². The van der Waals surface area contributed by atoms with Gasteiger partial charge in [0.25, 0.3) is 10.0 Å². The number of benzene rings is 1. The van der Waals surface area contributed by atoms with Crippen LogP contribution in [0.2, 0.25) is 0 Å². The molecular formula is C13H10N2O5S. The fourth-order valence-electron chi connectivity index (χ4n) is 1.70. The molecule has 0 saturated heterocycles. The predicted octanol–water partition coefficient (Wildman–Crippen LogP) is 1.96. The van der Waals surface area contributed by atoms with Gasteiger partial charge in [0, 0.05) is 6.07 Å². The summed E-state index contributed by atoms with van der Waals surface area (Å²) < 4.78 is 31.6. The van der Waals surface area contributed by atoms with E-state index in [2.05, 4.69) is 4.72 Å². The maximum absolute atomic E-state index is 12.2. The molecule has 0 atom stereocenters. The van der Waals surface area contributed by atoms with Crippen LogP contribution in [0.1, 0.15) is 21.9 Å². The van der Waals surface area contributed by atoms with Crippen LogP contribution in [-0.2, 0) is 10.0 Å². The minimum Gasteiger partial charge on any atom is -0.475 e. The molecular weight excluding hydrogens is 296 g/mol. The van der Waals surface area contributed by atoms with Crippen LogP contribution in [0, 0.1) is 18.3 Å². The number of sulfonamides is 1. The van der Waals surface area contributed by atoms with Crippen LogP contribution in [0.3, 0.4) is 0 Å². The predicted molar refractivity (Wildman–Crippen MR) is 72.4 cm³/mol. The Balaban J connectivity index is 2.38. The number of aromatic carboxylic acids is 1. The number of nitrogens with zero attached hydrogens (tertiary/aromatic N) is 1. The van der Waals surface area contributed by atoms with Crippen molar-refractivity contribution < 1.29 is 22.7 Å². The van der Waals surface area contributed by atoms with Crippen LogP contribution in [-0.4, -0.2) is 19.5 Å². The van der Waals surface area contributed by atoms with Gasteiger partial charge in [-0.05, 0) is 25.1 Å². The first-order valence-corrected chi connectivity index (χ1v) is 7.18. The Labute approximate surface area is 120 Å². The Bertz CT molecular complexity index is 846. The maximum Gasteiger partial charge on any atom is 0.371 e. The van der Waals surface area contributed by atoms with E-state index in [1.54, 1.807) is 0 Å². The second-order valence-electron chi connectivity index (χ2n) is 4.13.